The van der Waals surface area contributed by atoms with Crippen molar-refractivity contribution in [2.24, 2.45) is 0 Å². The highest BCUT2D eigenvalue weighted by Crippen LogP contribution is 2.18. The maximum atomic E-state index is 11.3. The summed E-state index contributed by atoms with van der Waals surface area (Å²) >= 11 is 0. The van der Waals surface area contributed by atoms with E-state index in [4.69, 9.17) is 4.52 Å². The normalized spacial score (nSPS) is 24.1. The van der Waals surface area contributed by atoms with E-state index < -0.39 is 9.84 Å². The van der Waals surface area contributed by atoms with Crippen LogP contribution in [0.2, 0.25) is 0 Å². The minimum atomic E-state index is -2.81. The molecule has 0 aromatic carbocycles. The van der Waals surface area contributed by atoms with Crippen LogP contribution in [-0.4, -0.2) is 43.1 Å². The van der Waals surface area contributed by atoms with E-state index in [9.17, 15) is 8.42 Å². The number of hydrogen-bond acceptors (Lipinski definition) is 5. The van der Waals surface area contributed by atoms with Crippen LogP contribution in [0, 0.1) is 6.92 Å². The minimum Gasteiger partial charge on any atom is -0.361 e. The molecular formula is C10H16N2O3S. The van der Waals surface area contributed by atoms with Crippen LogP contribution < -0.4 is 0 Å². The molecule has 1 atom stereocenters. The highest BCUT2D eigenvalue weighted by atomic mass is 32.2. The van der Waals surface area contributed by atoms with Crippen LogP contribution in [0.15, 0.2) is 10.6 Å². The number of nitrogens with zero attached hydrogens (tertiary/aromatic N) is 2. The van der Waals surface area contributed by atoms with Gasteiger partial charge in [0.25, 0.3) is 0 Å². The van der Waals surface area contributed by atoms with E-state index in [1.807, 2.05) is 24.9 Å². The first-order chi connectivity index (χ1) is 7.46. The fourth-order valence-electron chi connectivity index (χ4n) is 2.00. The van der Waals surface area contributed by atoms with Crippen molar-refractivity contribution < 1.29 is 12.9 Å². The lowest BCUT2D eigenvalue weighted by molar-refractivity contribution is 0.245. The quantitative estimate of drug-likeness (QED) is 0.779. The first-order valence-corrected chi connectivity index (χ1v) is 7.11. The molecule has 6 heteroatoms. The van der Waals surface area contributed by atoms with Crippen LogP contribution >= 0.6 is 0 Å². The highest BCUT2D eigenvalue weighted by molar-refractivity contribution is 7.91. The van der Waals surface area contributed by atoms with Gasteiger partial charge in [-0.1, -0.05) is 5.16 Å². The Morgan fingerprint density at radius 1 is 1.62 bits per heavy atom. The van der Waals surface area contributed by atoms with Gasteiger partial charge in [0.1, 0.15) is 5.76 Å². The predicted octanol–water partition coefficient (Wildman–Crippen LogP) is 0.602. The Morgan fingerprint density at radius 2 is 2.38 bits per heavy atom. The van der Waals surface area contributed by atoms with Crippen molar-refractivity contribution in [3.8, 4) is 0 Å². The van der Waals surface area contributed by atoms with Gasteiger partial charge in [0.15, 0.2) is 9.84 Å². The maximum absolute atomic E-state index is 11.3. The zero-order chi connectivity index (χ0) is 11.8. The van der Waals surface area contributed by atoms with Gasteiger partial charge in [0.2, 0.25) is 0 Å². The second-order valence-corrected chi connectivity index (χ2v) is 6.63. The zero-order valence-electron chi connectivity index (χ0n) is 9.51. The van der Waals surface area contributed by atoms with Crippen LogP contribution in [0.3, 0.4) is 0 Å². The van der Waals surface area contributed by atoms with Crippen LogP contribution in [0.4, 0.5) is 0 Å². The smallest absolute Gasteiger partial charge is 0.151 e. The summed E-state index contributed by atoms with van der Waals surface area (Å²) in [7, 11) is -0.887. The Kier molecular flexibility index (Phi) is 3.03. The average molecular weight is 244 g/mol. The second-order valence-electron chi connectivity index (χ2n) is 4.40. The summed E-state index contributed by atoms with van der Waals surface area (Å²) < 4.78 is 27.7. The summed E-state index contributed by atoms with van der Waals surface area (Å²) in [5, 5.41) is 3.90. The van der Waals surface area contributed by atoms with Crippen LogP contribution in [-0.2, 0) is 16.4 Å². The number of aromatic nitrogens is 1. The topological polar surface area (TPSA) is 63.4 Å². The fourth-order valence-corrected chi connectivity index (χ4v) is 3.81. The molecule has 0 saturated carbocycles. The van der Waals surface area contributed by atoms with E-state index in [1.54, 1.807) is 0 Å². The van der Waals surface area contributed by atoms with Crippen LogP contribution in [0.25, 0.3) is 0 Å². The first-order valence-electron chi connectivity index (χ1n) is 5.29. The zero-order valence-corrected chi connectivity index (χ0v) is 10.3. The predicted molar refractivity (Wildman–Crippen MR) is 59.8 cm³/mol. The molecule has 0 radical (unpaired) electrons. The Morgan fingerprint density at radius 3 is 2.88 bits per heavy atom. The molecule has 1 saturated heterocycles. The van der Waals surface area contributed by atoms with Crippen molar-refractivity contribution in [2.45, 2.75) is 25.9 Å². The summed E-state index contributed by atoms with van der Waals surface area (Å²) in [6.45, 7) is 2.48. The van der Waals surface area contributed by atoms with Gasteiger partial charge in [-0.25, -0.2) is 8.42 Å². The standard InChI is InChI=1S/C10H16N2O3S/c1-8-5-9(11-15-8)6-12(2)10-3-4-16(13,14)7-10/h5,10H,3-4,6-7H2,1-2H3. The first kappa shape index (κ1) is 11.6. The fraction of sp³-hybridized carbons (Fsp3) is 0.700. The Hall–Kier alpha value is -0.880. The third kappa shape index (κ3) is 2.62. The molecule has 90 valence electrons. The van der Waals surface area contributed by atoms with Crippen molar-refractivity contribution in [1.82, 2.24) is 10.1 Å². The summed E-state index contributed by atoms with van der Waals surface area (Å²) in [4.78, 5) is 2.03. The van der Waals surface area contributed by atoms with Gasteiger partial charge in [-0.2, -0.15) is 0 Å². The van der Waals surface area contributed by atoms with E-state index in [1.165, 1.54) is 0 Å². The van der Waals surface area contributed by atoms with E-state index in [0.29, 0.717) is 12.3 Å². The summed E-state index contributed by atoms with van der Waals surface area (Å²) in [5.74, 6) is 1.35. The van der Waals surface area contributed by atoms with Crippen LogP contribution in [0.1, 0.15) is 17.9 Å². The van der Waals surface area contributed by atoms with Crippen molar-refractivity contribution >= 4 is 9.84 Å². The molecule has 1 aromatic heterocycles. The van der Waals surface area contributed by atoms with Gasteiger partial charge in [0.05, 0.1) is 17.2 Å². The molecule has 1 fully saturated rings. The molecular weight excluding hydrogens is 228 g/mol. The second kappa shape index (κ2) is 4.18. The Balaban J connectivity index is 1.96. The van der Waals surface area contributed by atoms with E-state index in [2.05, 4.69) is 5.16 Å². The highest BCUT2D eigenvalue weighted by Gasteiger charge is 2.30. The molecule has 0 spiro atoms. The van der Waals surface area contributed by atoms with Gasteiger partial charge in [0, 0.05) is 18.7 Å². The molecule has 1 aliphatic heterocycles. The number of hydrogen-bond donors (Lipinski definition) is 0. The number of rotatable bonds is 3. The van der Waals surface area contributed by atoms with Gasteiger partial charge in [-0.15, -0.1) is 0 Å². The van der Waals surface area contributed by atoms with E-state index >= 15 is 0 Å². The lowest BCUT2D eigenvalue weighted by atomic mass is 10.2. The molecule has 0 amide bonds. The molecule has 2 rings (SSSR count). The third-order valence-corrected chi connectivity index (χ3v) is 4.67. The Labute approximate surface area is 95.3 Å². The minimum absolute atomic E-state index is 0.113. The molecule has 2 heterocycles. The number of aryl methyl sites for hydroxylation is 1. The Bertz CT molecular complexity index is 466. The monoisotopic (exact) mass is 244 g/mol. The van der Waals surface area contributed by atoms with Crippen LogP contribution in [0.5, 0.6) is 0 Å². The average Bonchev–Trinajstić information content (AvgIpc) is 2.72. The summed E-state index contributed by atoms with van der Waals surface area (Å²) in [6, 6.07) is 1.99. The van der Waals surface area contributed by atoms with E-state index in [0.717, 1.165) is 17.9 Å². The van der Waals surface area contributed by atoms with Gasteiger partial charge in [-0.05, 0) is 20.4 Å². The lowest BCUT2D eigenvalue weighted by Crippen LogP contribution is -2.32. The lowest BCUT2D eigenvalue weighted by Gasteiger charge is -2.21. The van der Waals surface area contributed by atoms with E-state index in [-0.39, 0.29) is 11.8 Å². The molecule has 16 heavy (non-hydrogen) atoms. The van der Waals surface area contributed by atoms with Gasteiger partial charge >= 0.3 is 0 Å². The van der Waals surface area contributed by atoms with Crippen molar-refractivity contribution in [3.63, 3.8) is 0 Å². The van der Waals surface area contributed by atoms with Crippen molar-refractivity contribution in [3.05, 3.63) is 17.5 Å². The molecule has 1 aliphatic rings. The maximum Gasteiger partial charge on any atom is 0.151 e. The molecule has 0 bridgehead atoms. The van der Waals surface area contributed by atoms with Gasteiger partial charge in [-0.3, -0.25) is 4.90 Å². The number of sulfone groups is 1. The summed E-state index contributed by atoms with van der Waals surface area (Å²) in [6.07, 6.45) is 0.718. The van der Waals surface area contributed by atoms with Crippen molar-refractivity contribution in [1.29, 1.82) is 0 Å². The van der Waals surface area contributed by atoms with Gasteiger partial charge < -0.3 is 4.52 Å². The molecule has 1 aromatic rings. The molecule has 0 N–H and O–H groups in total. The molecule has 1 unspecified atom stereocenters. The largest absolute Gasteiger partial charge is 0.361 e. The van der Waals surface area contributed by atoms with Crippen molar-refractivity contribution in [2.75, 3.05) is 18.6 Å². The molecule has 5 nitrogen and oxygen atoms in total. The summed E-state index contributed by atoms with van der Waals surface area (Å²) in [5.41, 5.74) is 0.851. The molecule has 0 aliphatic carbocycles. The third-order valence-electron chi connectivity index (χ3n) is 2.92. The SMILES string of the molecule is Cc1cc(CN(C)C2CCS(=O)(=O)C2)no1.